The highest BCUT2D eigenvalue weighted by molar-refractivity contribution is 5.94. The van der Waals surface area contributed by atoms with E-state index in [1.165, 1.54) is 30.3 Å². The van der Waals surface area contributed by atoms with Crippen molar-refractivity contribution in [1.29, 1.82) is 0 Å². The number of benzene rings is 3. The number of ether oxygens (including phenoxy) is 5. The number of esters is 3. The van der Waals surface area contributed by atoms with Crippen LogP contribution in [0.2, 0.25) is 0 Å². The standard InChI is InChI=1S/C34H34O16/c35-20-11-12-22(19(13-20)15-47-33(44)34(45)14-21(36)24(37)27(40)29(34)41)48-32-28(50-31(43)18-9-5-2-6-10-18)26(39)25(38)23(49-32)16-46-30(42)17-7-3-1-4-8-17/h1-13,23-29,32,35,37-41,45H,14-16H2/t23-,24-,25-,26+,27-,28-,29-,32-,34-/m1/s1. The van der Waals surface area contributed by atoms with E-state index < -0.39 is 97.9 Å². The van der Waals surface area contributed by atoms with Gasteiger partial charge in [0.05, 0.1) is 17.5 Å². The monoisotopic (exact) mass is 698 g/mol. The molecule has 1 heterocycles. The predicted molar refractivity (Wildman–Crippen MR) is 164 cm³/mol. The Balaban J connectivity index is 1.37. The number of carbonyl (C=O) groups is 4. The fourth-order valence-electron chi connectivity index (χ4n) is 5.35. The zero-order valence-electron chi connectivity index (χ0n) is 26.1. The molecule has 0 bridgehead atoms. The van der Waals surface area contributed by atoms with Crippen LogP contribution < -0.4 is 4.74 Å². The first-order valence-corrected chi connectivity index (χ1v) is 15.2. The van der Waals surface area contributed by atoms with E-state index in [0.29, 0.717) is 0 Å². The molecule has 3 aromatic carbocycles. The van der Waals surface area contributed by atoms with Crippen molar-refractivity contribution in [3.05, 3.63) is 95.6 Å². The number of aromatic hydroxyl groups is 1. The van der Waals surface area contributed by atoms with Crippen LogP contribution in [0.1, 0.15) is 32.7 Å². The van der Waals surface area contributed by atoms with E-state index >= 15 is 0 Å². The predicted octanol–water partition coefficient (Wildman–Crippen LogP) is -0.870. The van der Waals surface area contributed by atoms with Crippen molar-refractivity contribution < 1.29 is 78.6 Å². The number of carbonyl (C=O) groups excluding carboxylic acids is 4. The highest BCUT2D eigenvalue weighted by Crippen LogP contribution is 2.33. The summed E-state index contributed by atoms with van der Waals surface area (Å²) in [5.74, 6) is -4.92. The maximum absolute atomic E-state index is 13.0. The van der Waals surface area contributed by atoms with Gasteiger partial charge in [-0.1, -0.05) is 36.4 Å². The van der Waals surface area contributed by atoms with Gasteiger partial charge in [-0.15, -0.1) is 0 Å². The molecule has 0 unspecified atom stereocenters. The van der Waals surface area contributed by atoms with E-state index in [2.05, 4.69) is 0 Å². The number of phenols is 1. The Bertz CT molecular complexity index is 1680. The third kappa shape index (κ3) is 7.76. The fourth-order valence-corrected chi connectivity index (χ4v) is 5.35. The fraction of sp³-hybridized carbons (Fsp3) is 0.353. The molecule has 1 saturated heterocycles. The van der Waals surface area contributed by atoms with Crippen LogP contribution in [-0.2, 0) is 35.1 Å². The highest BCUT2D eigenvalue weighted by atomic mass is 16.7. The second-order valence-electron chi connectivity index (χ2n) is 11.7. The SMILES string of the molecule is O=C(OC[C@H]1O[C@@H](Oc2ccc(O)cc2COC(=O)[C@@]2(O)CC(=O)[C@@H](O)[C@@H](O)[C@H]2O)[C@H](OC(=O)c2ccccc2)[C@@H](O)[C@@H]1O)c1ccccc1. The maximum Gasteiger partial charge on any atom is 0.341 e. The minimum Gasteiger partial charge on any atom is -0.508 e. The molecule has 0 radical (unpaired) electrons. The third-order valence-electron chi connectivity index (χ3n) is 8.19. The molecule has 0 amide bonds. The van der Waals surface area contributed by atoms with Gasteiger partial charge in [0.2, 0.25) is 6.29 Å². The van der Waals surface area contributed by atoms with Gasteiger partial charge in [0.25, 0.3) is 0 Å². The topological polar surface area (TPSA) is 256 Å². The second-order valence-corrected chi connectivity index (χ2v) is 11.7. The molecule has 1 aliphatic carbocycles. The zero-order valence-corrected chi connectivity index (χ0v) is 26.1. The molecule has 266 valence electrons. The molecular weight excluding hydrogens is 664 g/mol. The van der Waals surface area contributed by atoms with Gasteiger partial charge in [-0.3, -0.25) is 4.79 Å². The number of phenolic OH excluding ortho intramolecular Hbond substituents is 1. The van der Waals surface area contributed by atoms with Crippen molar-refractivity contribution in [3.63, 3.8) is 0 Å². The number of aliphatic hydroxyl groups is 6. The Labute approximate surface area is 283 Å². The quantitative estimate of drug-likeness (QED) is 0.100. The van der Waals surface area contributed by atoms with Crippen LogP contribution in [0.25, 0.3) is 0 Å². The summed E-state index contributed by atoms with van der Waals surface area (Å²) in [5, 5.41) is 72.8. The van der Waals surface area contributed by atoms with Gasteiger partial charge in [-0.25, -0.2) is 14.4 Å². The molecule has 2 aliphatic rings. The minimum absolute atomic E-state index is 0.0861. The Morgan fingerprint density at radius 2 is 1.42 bits per heavy atom. The van der Waals surface area contributed by atoms with E-state index in [9.17, 15) is 54.9 Å². The molecule has 9 atom stereocenters. The van der Waals surface area contributed by atoms with E-state index in [1.54, 1.807) is 36.4 Å². The van der Waals surface area contributed by atoms with Crippen LogP contribution in [0.4, 0.5) is 0 Å². The number of Topliss-reactive ketones (excluding diaryl/α,β-unsaturated/α-hetero) is 1. The lowest BCUT2D eigenvalue weighted by Gasteiger charge is -2.41. The summed E-state index contributed by atoms with van der Waals surface area (Å²) in [6.45, 7) is -1.36. The lowest BCUT2D eigenvalue weighted by Crippen LogP contribution is -2.65. The number of hydrogen-bond acceptors (Lipinski definition) is 16. The van der Waals surface area contributed by atoms with Crippen molar-refractivity contribution in [3.8, 4) is 11.5 Å². The van der Waals surface area contributed by atoms with Crippen LogP contribution in [0, 0.1) is 0 Å². The molecule has 16 heteroatoms. The summed E-state index contributed by atoms with van der Waals surface area (Å²) in [6, 6.07) is 19.0. The molecule has 5 rings (SSSR count). The molecule has 0 spiro atoms. The number of ketones is 1. The van der Waals surface area contributed by atoms with Crippen LogP contribution in [0.3, 0.4) is 0 Å². The van der Waals surface area contributed by atoms with Crippen molar-refractivity contribution in [2.24, 2.45) is 0 Å². The minimum atomic E-state index is -2.93. The zero-order chi connectivity index (χ0) is 36.2. The Hall–Kier alpha value is -4.94. The van der Waals surface area contributed by atoms with Gasteiger partial charge in [-0.2, -0.15) is 0 Å². The van der Waals surface area contributed by atoms with Gasteiger partial charge >= 0.3 is 17.9 Å². The Morgan fingerprint density at radius 1 is 0.800 bits per heavy atom. The van der Waals surface area contributed by atoms with Gasteiger partial charge in [0.15, 0.2) is 17.5 Å². The smallest absolute Gasteiger partial charge is 0.341 e. The first-order chi connectivity index (χ1) is 23.8. The van der Waals surface area contributed by atoms with E-state index in [1.807, 2.05) is 0 Å². The Morgan fingerprint density at radius 3 is 2.06 bits per heavy atom. The largest absolute Gasteiger partial charge is 0.508 e. The summed E-state index contributed by atoms with van der Waals surface area (Å²) in [4.78, 5) is 50.5. The molecule has 0 aromatic heterocycles. The summed E-state index contributed by atoms with van der Waals surface area (Å²) in [6.07, 6.45) is -16.1. The third-order valence-corrected chi connectivity index (χ3v) is 8.19. The average molecular weight is 699 g/mol. The summed E-state index contributed by atoms with van der Waals surface area (Å²) in [7, 11) is 0. The van der Waals surface area contributed by atoms with Gasteiger partial charge < -0.3 is 59.4 Å². The van der Waals surface area contributed by atoms with E-state index in [4.69, 9.17) is 23.7 Å². The molecule has 2 fully saturated rings. The van der Waals surface area contributed by atoms with Crippen LogP contribution in [0.15, 0.2) is 78.9 Å². The summed E-state index contributed by atoms with van der Waals surface area (Å²) in [5.41, 5.74) is -2.75. The van der Waals surface area contributed by atoms with Crippen LogP contribution in [0.5, 0.6) is 11.5 Å². The van der Waals surface area contributed by atoms with Crippen molar-refractivity contribution in [1.82, 2.24) is 0 Å². The van der Waals surface area contributed by atoms with E-state index in [0.717, 1.165) is 12.1 Å². The van der Waals surface area contributed by atoms with Gasteiger partial charge in [-0.05, 0) is 42.5 Å². The molecule has 1 saturated carbocycles. The molecule has 1 aliphatic heterocycles. The molecule has 16 nitrogen and oxygen atoms in total. The molecule has 3 aromatic rings. The van der Waals surface area contributed by atoms with Crippen molar-refractivity contribution in [2.45, 2.75) is 67.6 Å². The number of hydrogen-bond donors (Lipinski definition) is 7. The van der Waals surface area contributed by atoms with Gasteiger partial charge in [0.1, 0.15) is 61.3 Å². The normalized spacial score (nSPS) is 29.4. The Kier molecular flexibility index (Phi) is 11.1. The van der Waals surface area contributed by atoms with Crippen LogP contribution >= 0.6 is 0 Å². The molecular formula is C34H34O16. The highest BCUT2D eigenvalue weighted by Gasteiger charge is 2.57. The lowest BCUT2D eigenvalue weighted by molar-refractivity contribution is -0.276. The molecule has 7 N–H and O–H groups in total. The maximum atomic E-state index is 13.0. The molecule has 50 heavy (non-hydrogen) atoms. The second kappa shape index (κ2) is 15.3. The van der Waals surface area contributed by atoms with E-state index in [-0.39, 0.29) is 28.2 Å². The first-order valence-electron chi connectivity index (χ1n) is 15.2. The van der Waals surface area contributed by atoms with Gasteiger partial charge in [0, 0.05) is 5.56 Å². The average Bonchev–Trinajstić information content (AvgIpc) is 3.12. The van der Waals surface area contributed by atoms with Crippen molar-refractivity contribution >= 4 is 23.7 Å². The van der Waals surface area contributed by atoms with Crippen LogP contribution in [-0.4, -0.2) is 121 Å². The summed E-state index contributed by atoms with van der Waals surface area (Å²) >= 11 is 0. The first kappa shape index (κ1) is 36.3. The van der Waals surface area contributed by atoms with Crippen molar-refractivity contribution in [2.75, 3.05) is 6.61 Å². The number of aliphatic hydroxyl groups excluding tert-OH is 5. The number of rotatable bonds is 10. The lowest BCUT2D eigenvalue weighted by atomic mass is 9.78. The summed E-state index contributed by atoms with van der Waals surface area (Å²) < 4.78 is 27.7.